The number of aliphatic hydroxyl groups excluding tert-OH is 1. The van der Waals surface area contributed by atoms with Crippen LogP contribution >= 0.6 is 0 Å². The Labute approximate surface area is 208 Å². The summed E-state index contributed by atoms with van der Waals surface area (Å²) >= 11 is 0. The van der Waals surface area contributed by atoms with Gasteiger partial charge in [-0.15, -0.1) is 0 Å². The summed E-state index contributed by atoms with van der Waals surface area (Å²) in [5.41, 5.74) is 5.48. The number of pyridine rings is 1. The van der Waals surface area contributed by atoms with E-state index in [-0.39, 0.29) is 16.7 Å². The third-order valence-electron chi connectivity index (χ3n) is 7.03. The zero-order valence-corrected chi connectivity index (χ0v) is 20.6. The van der Waals surface area contributed by atoms with Gasteiger partial charge in [-0.05, 0) is 86.1 Å². The van der Waals surface area contributed by atoms with Gasteiger partial charge in [0.2, 0.25) is 0 Å². The van der Waals surface area contributed by atoms with Crippen LogP contribution in [0.4, 0.5) is 8.78 Å². The van der Waals surface area contributed by atoms with Gasteiger partial charge in [-0.1, -0.05) is 12.1 Å². The molecule has 0 spiro atoms. The van der Waals surface area contributed by atoms with Crippen molar-refractivity contribution < 1.29 is 13.9 Å². The predicted octanol–water partition coefficient (Wildman–Crippen LogP) is 5.29. The van der Waals surface area contributed by atoms with Crippen molar-refractivity contribution >= 4 is 0 Å². The molecule has 1 saturated carbocycles. The number of aryl methyl sites for hydroxylation is 2. The van der Waals surface area contributed by atoms with Crippen LogP contribution < -0.4 is 5.56 Å². The van der Waals surface area contributed by atoms with Crippen LogP contribution in [0.1, 0.15) is 63.9 Å². The van der Waals surface area contributed by atoms with Crippen LogP contribution in [0.3, 0.4) is 0 Å². The molecule has 1 atom stereocenters. The number of halogens is 2. The van der Waals surface area contributed by atoms with E-state index in [1.165, 1.54) is 23.6 Å². The molecule has 0 amide bonds. The summed E-state index contributed by atoms with van der Waals surface area (Å²) < 4.78 is 32.1. The highest BCUT2D eigenvalue weighted by molar-refractivity contribution is 5.44. The van der Waals surface area contributed by atoms with Gasteiger partial charge in [0.1, 0.15) is 11.6 Å². The Morgan fingerprint density at radius 3 is 2.36 bits per heavy atom. The molecular formula is C29H29F2N3O2. The SMILES string of the molecule is Cc1cn(-c2ccc(Cc3cc(C4CC4)cn([C@@H](CO)c4cc(F)c(C)c(F)c4)c3=O)cc2C)cn1. The van der Waals surface area contributed by atoms with Crippen molar-refractivity contribution in [2.45, 2.75) is 52.0 Å². The summed E-state index contributed by atoms with van der Waals surface area (Å²) in [7, 11) is 0. The van der Waals surface area contributed by atoms with Gasteiger partial charge in [0.25, 0.3) is 5.56 Å². The van der Waals surface area contributed by atoms with Crippen LogP contribution in [0.15, 0.2) is 59.9 Å². The Bertz CT molecular complexity index is 1480. The molecule has 0 saturated heterocycles. The Morgan fingerprint density at radius 1 is 1.06 bits per heavy atom. The number of hydrogen-bond donors (Lipinski definition) is 1. The average Bonchev–Trinajstić information content (AvgIpc) is 3.61. The molecule has 2 heterocycles. The normalized spacial score (nSPS) is 14.3. The fourth-order valence-corrected chi connectivity index (χ4v) is 4.78. The first kappa shape index (κ1) is 24.1. The second kappa shape index (κ2) is 9.47. The first-order valence-corrected chi connectivity index (χ1v) is 12.2. The molecule has 0 radical (unpaired) electrons. The largest absolute Gasteiger partial charge is 0.394 e. The van der Waals surface area contributed by atoms with Crippen LogP contribution in [0.5, 0.6) is 0 Å². The van der Waals surface area contributed by atoms with Crippen molar-refractivity contribution in [1.82, 2.24) is 14.1 Å². The molecule has 1 fully saturated rings. The molecule has 1 aliphatic rings. The van der Waals surface area contributed by atoms with Gasteiger partial charge in [-0.3, -0.25) is 4.79 Å². The first-order chi connectivity index (χ1) is 17.2. The summed E-state index contributed by atoms with van der Waals surface area (Å²) in [4.78, 5) is 17.9. The Morgan fingerprint density at radius 2 is 1.78 bits per heavy atom. The molecule has 1 N–H and O–H groups in total. The van der Waals surface area contributed by atoms with E-state index in [0.29, 0.717) is 17.9 Å². The number of imidazole rings is 1. The molecular weight excluding hydrogens is 460 g/mol. The highest BCUT2D eigenvalue weighted by Crippen LogP contribution is 2.40. The molecule has 5 rings (SSSR count). The summed E-state index contributed by atoms with van der Waals surface area (Å²) in [6.07, 6.45) is 7.97. The molecule has 2 aromatic carbocycles. The van der Waals surface area contributed by atoms with E-state index >= 15 is 0 Å². The summed E-state index contributed by atoms with van der Waals surface area (Å²) in [6, 6.07) is 9.55. The number of benzene rings is 2. The van der Waals surface area contributed by atoms with Crippen LogP contribution in [0, 0.1) is 32.4 Å². The average molecular weight is 490 g/mol. The number of hydrogen-bond acceptors (Lipinski definition) is 3. The molecule has 7 heteroatoms. The third kappa shape index (κ3) is 4.63. The van der Waals surface area contributed by atoms with E-state index in [2.05, 4.69) is 11.1 Å². The van der Waals surface area contributed by atoms with E-state index in [9.17, 15) is 18.7 Å². The van der Waals surface area contributed by atoms with Crippen LogP contribution in [-0.4, -0.2) is 25.8 Å². The van der Waals surface area contributed by atoms with Gasteiger partial charge in [0, 0.05) is 35.6 Å². The summed E-state index contributed by atoms with van der Waals surface area (Å²) in [5, 5.41) is 10.2. The molecule has 5 nitrogen and oxygen atoms in total. The van der Waals surface area contributed by atoms with Crippen LogP contribution in [-0.2, 0) is 6.42 Å². The van der Waals surface area contributed by atoms with Crippen LogP contribution in [0.25, 0.3) is 5.69 Å². The van der Waals surface area contributed by atoms with Crippen molar-refractivity contribution in [2.24, 2.45) is 0 Å². The summed E-state index contributed by atoms with van der Waals surface area (Å²) in [6.45, 7) is 4.88. The fraction of sp³-hybridized carbons (Fsp3) is 0.310. The molecule has 1 aliphatic carbocycles. The first-order valence-electron chi connectivity index (χ1n) is 12.2. The number of rotatable bonds is 7. The molecule has 0 unspecified atom stereocenters. The number of aliphatic hydroxyl groups is 1. The van der Waals surface area contributed by atoms with E-state index in [4.69, 9.17) is 0 Å². The topological polar surface area (TPSA) is 60.0 Å². The molecule has 4 aromatic rings. The lowest BCUT2D eigenvalue weighted by atomic mass is 9.99. The number of aromatic nitrogens is 3. The maximum absolute atomic E-state index is 14.3. The van der Waals surface area contributed by atoms with Gasteiger partial charge in [-0.2, -0.15) is 0 Å². The standard InChI is InChI=1S/C29H29F2N3O2/c1-17-8-20(4-7-27(17)33-13-18(2)32-16-33)9-23-10-24(21-5-6-21)14-34(29(23)36)28(15-35)22-11-25(30)19(3)26(31)12-22/h4,7-8,10-14,16,21,28,35H,5-6,9,15H2,1-3H3/t28-/m0/s1. The summed E-state index contributed by atoms with van der Waals surface area (Å²) in [5.74, 6) is -1.03. The van der Waals surface area contributed by atoms with Crippen LogP contribution in [0.2, 0.25) is 0 Å². The lowest BCUT2D eigenvalue weighted by molar-refractivity contribution is 0.246. The van der Waals surface area contributed by atoms with Crippen molar-refractivity contribution in [3.8, 4) is 5.69 Å². The number of nitrogens with zero attached hydrogens (tertiary/aromatic N) is 3. The van der Waals surface area contributed by atoms with E-state index in [1.807, 2.05) is 42.8 Å². The quantitative estimate of drug-likeness (QED) is 0.384. The molecule has 186 valence electrons. The van der Waals surface area contributed by atoms with Crippen molar-refractivity contribution in [3.63, 3.8) is 0 Å². The minimum Gasteiger partial charge on any atom is -0.394 e. The van der Waals surface area contributed by atoms with E-state index < -0.39 is 24.3 Å². The lowest BCUT2D eigenvalue weighted by Gasteiger charge is -2.21. The van der Waals surface area contributed by atoms with Crippen molar-refractivity contribution in [3.05, 3.63) is 116 Å². The monoisotopic (exact) mass is 489 g/mol. The second-order valence-electron chi connectivity index (χ2n) is 9.81. The zero-order chi connectivity index (χ0) is 25.6. The van der Waals surface area contributed by atoms with Crippen molar-refractivity contribution in [2.75, 3.05) is 6.61 Å². The van der Waals surface area contributed by atoms with Gasteiger partial charge >= 0.3 is 0 Å². The van der Waals surface area contributed by atoms with E-state index in [1.54, 1.807) is 12.5 Å². The maximum Gasteiger partial charge on any atom is 0.254 e. The van der Waals surface area contributed by atoms with Gasteiger partial charge in [0.05, 0.1) is 24.7 Å². The van der Waals surface area contributed by atoms with Gasteiger partial charge < -0.3 is 14.2 Å². The lowest BCUT2D eigenvalue weighted by Crippen LogP contribution is -2.30. The van der Waals surface area contributed by atoms with Gasteiger partial charge in [0.15, 0.2) is 0 Å². The minimum atomic E-state index is -0.881. The Balaban J connectivity index is 1.54. The predicted molar refractivity (Wildman–Crippen MR) is 135 cm³/mol. The molecule has 2 aromatic heterocycles. The smallest absolute Gasteiger partial charge is 0.254 e. The minimum absolute atomic E-state index is 0.0834. The zero-order valence-electron chi connectivity index (χ0n) is 20.6. The van der Waals surface area contributed by atoms with Gasteiger partial charge in [-0.25, -0.2) is 13.8 Å². The third-order valence-corrected chi connectivity index (χ3v) is 7.03. The highest BCUT2D eigenvalue weighted by Gasteiger charge is 2.27. The Hall–Kier alpha value is -3.58. The Kier molecular flexibility index (Phi) is 6.35. The maximum atomic E-state index is 14.3. The molecule has 0 bridgehead atoms. The van der Waals surface area contributed by atoms with E-state index in [0.717, 1.165) is 40.9 Å². The molecule has 36 heavy (non-hydrogen) atoms. The van der Waals surface area contributed by atoms with Crippen molar-refractivity contribution in [1.29, 1.82) is 0 Å². The second-order valence-corrected chi connectivity index (χ2v) is 9.81. The molecule has 0 aliphatic heterocycles. The highest BCUT2D eigenvalue weighted by atomic mass is 19.1. The fourth-order valence-electron chi connectivity index (χ4n) is 4.78.